The van der Waals surface area contributed by atoms with Crippen molar-refractivity contribution < 1.29 is 22.7 Å². The van der Waals surface area contributed by atoms with E-state index in [2.05, 4.69) is 0 Å². The van der Waals surface area contributed by atoms with Crippen LogP contribution in [0.4, 0.5) is 0 Å². The van der Waals surface area contributed by atoms with Crippen molar-refractivity contribution >= 4 is 45.2 Å². The van der Waals surface area contributed by atoms with Crippen LogP contribution >= 0.6 is 23.2 Å². The van der Waals surface area contributed by atoms with Gasteiger partial charge in [0.2, 0.25) is 15.9 Å². The van der Waals surface area contributed by atoms with Crippen LogP contribution in [0.3, 0.4) is 0 Å². The predicted molar refractivity (Wildman–Crippen MR) is 120 cm³/mol. The van der Waals surface area contributed by atoms with Crippen LogP contribution in [0, 0.1) is 0 Å². The summed E-state index contributed by atoms with van der Waals surface area (Å²) in [5.74, 6) is 1.02. The van der Waals surface area contributed by atoms with E-state index in [4.69, 9.17) is 32.7 Å². The minimum Gasteiger partial charge on any atom is -0.497 e. The second-order valence-electron chi connectivity index (χ2n) is 6.75. The molecule has 1 heterocycles. The normalized spacial score (nSPS) is 15.3. The minimum atomic E-state index is -3.80. The van der Waals surface area contributed by atoms with Crippen LogP contribution in [0.15, 0.2) is 47.4 Å². The summed E-state index contributed by atoms with van der Waals surface area (Å²) < 4.78 is 37.6. The van der Waals surface area contributed by atoms with Gasteiger partial charge in [-0.15, -0.1) is 0 Å². The van der Waals surface area contributed by atoms with Crippen molar-refractivity contribution in [2.24, 2.45) is 0 Å². The van der Waals surface area contributed by atoms with Crippen LogP contribution in [0.5, 0.6) is 11.5 Å². The Kier molecular flexibility index (Phi) is 7.48. The highest BCUT2D eigenvalue weighted by atomic mass is 35.5. The molecule has 1 fully saturated rings. The van der Waals surface area contributed by atoms with Gasteiger partial charge in [-0.1, -0.05) is 23.2 Å². The van der Waals surface area contributed by atoms with Crippen LogP contribution in [-0.2, 0) is 14.8 Å². The second kappa shape index (κ2) is 9.91. The summed E-state index contributed by atoms with van der Waals surface area (Å²) in [7, 11) is -0.698. The van der Waals surface area contributed by atoms with E-state index in [1.54, 1.807) is 43.4 Å². The molecule has 31 heavy (non-hydrogen) atoms. The average molecular weight is 485 g/mol. The van der Waals surface area contributed by atoms with Crippen molar-refractivity contribution in [2.45, 2.75) is 4.90 Å². The third-order valence-electron chi connectivity index (χ3n) is 4.91. The highest BCUT2D eigenvalue weighted by Gasteiger charge is 2.31. The van der Waals surface area contributed by atoms with Gasteiger partial charge in [-0.3, -0.25) is 4.79 Å². The van der Waals surface area contributed by atoms with E-state index in [9.17, 15) is 13.2 Å². The summed E-state index contributed by atoms with van der Waals surface area (Å²) >= 11 is 12.0. The Labute approximate surface area is 191 Å². The lowest BCUT2D eigenvalue weighted by Crippen LogP contribution is -2.50. The van der Waals surface area contributed by atoms with Crippen molar-refractivity contribution in [3.05, 3.63) is 58.1 Å². The van der Waals surface area contributed by atoms with Crippen molar-refractivity contribution in [2.75, 3.05) is 40.4 Å². The molecule has 1 aliphatic heterocycles. The Morgan fingerprint density at radius 3 is 2.35 bits per heavy atom. The first-order valence-electron chi connectivity index (χ1n) is 9.40. The summed E-state index contributed by atoms with van der Waals surface area (Å²) in [6, 6.07) is 9.62. The van der Waals surface area contributed by atoms with Gasteiger partial charge in [-0.25, -0.2) is 8.42 Å². The number of piperazine rings is 1. The molecule has 2 aromatic carbocycles. The van der Waals surface area contributed by atoms with Crippen LogP contribution < -0.4 is 9.47 Å². The van der Waals surface area contributed by atoms with E-state index in [1.807, 2.05) is 0 Å². The zero-order valence-electron chi connectivity index (χ0n) is 17.0. The number of carbonyl (C=O) groups is 1. The molecule has 1 aliphatic rings. The lowest BCUT2D eigenvalue weighted by Gasteiger charge is -2.33. The fourth-order valence-electron chi connectivity index (χ4n) is 3.19. The topological polar surface area (TPSA) is 76.2 Å². The molecule has 0 saturated carbocycles. The van der Waals surface area contributed by atoms with E-state index >= 15 is 0 Å². The molecule has 1 saturated heterocycles. The Bertz CT molecular complexity index is 1100. The zero-order valence-corrected chi connectivity index (χ0v) is 19.4. The molecule has 7 nitrogen and oxygen atoms in total. The molecule has 166 valence electrons. The Morgan fingerprint density at radius 2 is 1.71 bits per heavy atom. The molecule has 0 N–H and O–H groups in total. The van der Waals surface area contributed by atoms with Crippen LogP contribution in [0.1, 0.15) is 5.56 Å². The molecular weight excluding hydrogens is 463 g/mol. The van der Waals surface area contributed by atoms with E-state index in [0.717, 1.165) is 5.56 Å². The van der Waals surface area contributed by atoms with Gasteiger partial charge in [-0.05, 0) is 36.4 Å². The summed E-state index contributed by atoms with van der Waals surface area (Å²) in [4.78, 5) is 14.1. The largest absolute Gasteiger partial charge is 0.497 e. The molecule has 1 amide bonds. The lowest BCUT2D eigenvalue weighted by atomic mass is 10.1. The van der Waals surface area contributed by atoms with Gasteiger partial charge in [0.05, 0.1) is 19.2 Å². The Hall–Kier alpha value is -2.26. The minimum absolute atomic E-state index is 0.0343. The summed E-state index contributed by atoms with van der Waals surface area (Å²) in [5.41, 5.74) is 0.730. The van der Waals surface area contributed by atoms with Crippen molar-refractivity contribution in [1.82, 2.24) is 9.21 Å². The molecule has 0 bridgehead atoms. The molecule has 3 rings (SSSR count). The average Bonchev–Trinajstić information content (AvgIpc) is 2.78. The van der Waals surface area contributed by atoms with Gasteiger partial charge in [0.25, 0.3) is 0 Å². The fraction of sp³-hybridized carbons (Fsp3) is 0.286. The lowest BCUT2D eigenvalue weighted by molar-refractivity contribution is -0.127. The number of halogens is 2. The molecular formula is C21H22Cl2N2O5S. The van der Waals surface area contributed by atoms with Gasteiger partial charge in [0, 0.05) is 48.9 Å². The first-order chi connectivity index (χ1) is 14.8. The number of benzene rings is 2. The van der Waals surface area contributed by atoms with Gasteiger partial charge in [0.15, 0.2) is 0 Å². The van der Waals surface area contributed by atoms with Crippen LogP contribution in [-0.4, -0.2) is 63.9 Å². The van der Waals surface area contributed by atoms with E-state index < -0.39 is 10.0 Å². The van der Waals surface area contributed by atoms with E-state index in [-0.39, 0.29) is 47.0 Å². The number of nitrogens with zero attached hydrogens (tertiary/aromatic N) is 2. The standard InChI is InChI=1S/C21H22Cl2N2O5S/c1-29-17-6-3-15(19(14-17)30-2)4-8-21(26)24-9-11-25(12-10-24)31(27,28)20-13-16(22)5-7-18(20)23/h3-8,13-14H,9-12H2,1-2H3. The molecule has 2 aromatic rings. The third-order valence-corrected chi connectivity index (χ3v) is 7.52. The first kappa shape index (κ1) is 23.4. The molecule has 0 atom stereocenters. The predicted octanol–water partition coefficient (Wildman–Crippen LogP) is 3.56. The third kappa shape index (κ3) is 5.33. The van der Waals surface area contributed by atoms with E-state index in [0.29, 0.717) is 11.5 Å². The Morgan fingerprint density at radius 1 is 1.00 bits per heavy atom. The molecule has 0 aliphatic carbocycles. The highest BCUT2D eigenvalue weighted by molar-refractivity contribution is 7.89. The molecule has 0 spiro atoms. The van der Waals surface area contributed by atoms with Crippen molar-refractivity contribution in [1.29, 1.82) is 0 Å². The number of hydrogen-bond donors (Lipinski definition) is 0. The number of carbonyl (C=O) groups excluding carboxylic acids is 1. The maximum absolute atomic E-state index is 12.9. The van der Waals surface area contributed by atoms with Crippen LogP contribution in [0.2, 0.25) is 10.0 Å². The maximum Gasteiger partial charge on any atom is 0.246 e. The van der Waals surface area contributed by atoms with Gasteiger partial charge in [0.1, 0.15) is 16.4 Å². The molecule has 0 unspecified atom stereocenters. The first-order valence-corrected chi connectivity index (χ1v) is 11.6. The van der Waals surface area contributed by atoms with Crippen LogP contribution in [0.25, 0.3) is 6.08 Å². The molecule has 10 heteroatoms. The quantitative estimate of drug-likeness (QED) is 0.585. The molecule has 0 radical (unpaired) electrons. The maximum atomic E-state index is 12.9. The number of ether oxygens (including phenoxy) is 2. The summed E-state index contributed by atoms with van der Waals surface area (Å²) in [6.07, 6.45) is 3.11. The number of methoxy groups -OCH3 is 2. The number of amides is 1. The van der Waals surface area contributed by atoms with Gasteiger partial charge < -0.3 is 14.4 Å². The monoisotopic (exact) mass is 484 g/mol. The Balaban J connectivity index is 1.66. The van der Waals surface area contributed by atoms with Crippen molar-refractivity contribution in [3.63, 3.8) is 0 Å². The summed E-state index contributed by atoms with van der Waals surface area (Å²) in [5, 5.41) is 0.398. The second-order valence-corrected chi connectivity index (χ2v) is 9.50. The van der Waals surface area contributed by atoms with Gasteiger partial charge in [-0.2, -0.15) is 4.31 Å². The number of sulfonamides is 1. The van der Waals surface area contributed by atoms with E-state index in [1.165, 1.54) is 28.6 Å². The smallest absolute Gasteiger partial charge is 0.246 e. The summed E-state index contributed by atoms with van der Waals surface area (Å²) in [6.45, 7) is 0.855. The SMILES string of the molecule is COc1ccc(C=CC(=O)N2CCN(S(=O)(=O)c3cc(Cl)ccc3Cl)CC2)c(OC)c1. The fourth-order valence-corrected chi connectivity index (χ4v) is 5.34. The molecule has 0 aromatic heterocycles. The zero-order chi connectivity index (χ0) is 22.6. The highest BCUT2D eigenvalue weighted by Crippen LogP contribution is 2.29. The number of rotatable bonds is 6. The van der Waals surface area contributed by atoms with Gasteiger partial charge >= 0.3 is 0 Å². The number of hydrogen-bond acceptors (Lipinski definition) is 5. The van der Waals surface area contributed by atoms with Crippen molar-refractivity contribution in [3.8, 4) is 11.5 Å².